The van der Waals surface area contributed by atoms with Crippen molar-refractivity contribution in [2.75, 3.05) is 4.90 Å². The van der Waals surface area contributed by atoms with Crippen molar-refractivity contribution >= 4 is 82.9 Å². The van der Waals surface area contributed by atoms with Crippen molar-refractivity contribution < 1.29 is 0 Å². The second-order valence-electron chi connectivity index (χ2n) is 13.2. The van der Waals surface area contributed by atoms with Gasteiger partial charge in [-0.15, -0.1) is 0 Å². The van der Waals surface area contributed by atoms with Gasteiger partial charge >= 0.3 is 0 Å². The Labute approximate surface area is 299 Å². The van der Waals surface area contributed by atoms with Crippen molar-refractivity contribution in [1.29, 1.82) is 0 Å². The molecular formula is C47H29N3S. The van der Waals surface area contributed by atoms with Crippen molar-refractivity contribution in [3.63, 3.8) is 0 Å². The van der Waals surface area contributed by atoms with E-state index in [1.165, 1.54) is 64.3 Å². The quantitative estimate of drug-likeness (QED) is 0.175. The van der Waals surface area contributed by atoms with Crippen LogP contribution in [0.2, 0.25) is 0 Å². The molecule has 9 aromatic carbocycles. The summed E-state index contributed by atoms with van der Waals surface area (Å²) in [5, 5.41) is 10.1. The van der Waals surface area contributed by atoms with Crippen LogP contribution in [-0.4, -0.2) is 9.55 Å². The zero-order valence-electron chi connectivity index (χ0n) is 27.5. The largest absolute Gasteiger partial charge is 0.308 e. The van der Waals surface area contributed by atoms with Gasteiger partial charge in [0.25, 0.3) is 0 Å². The van der Waals surface area contributed by atoms with E-state index in [2.05, 4.69) is 185 Å². The lowest BCUT2D eigenvalue weighted by Crippen LogP contribution is -2.14. The standard InChI is InChI=1S/C47H29N3S/c1-2-12-31-27-33(23-21-30(31)11-1)49-43-19-9-10-20-45(43)51-46-28-32(22-26-44(46)49)47-48-41-17-7-8-18-42(41)50(47)34-24-25-39-37-15-4-3-13-35(37)36-14-5-6-16-38(36)40(39)29-34/h1-29H. The maximum absolute atomic E-state index is 5.30. The number of benzene rings is 9. The molecule has 2 heterocycles. The lowest BCUT2D eigenvalue weighted by molar-refractivity contribution is 1.10. The SMILES string of the molecule is c1ccc2c(c1)Sc1cc(-c3nc4ccccc4n3-c3ccc4c5ccccc5c5ccccc5c4c3)ccc1N2c1ccc2ccccc2c1. The minimum absolute atomic E-state index is 0.931. The van der Waals surface area contributed by atoms with Crippen LogP contribution in [0.3, 0.4) is 0 Å². The third-order valence-electron chi connectivity index (χ3n) is 10.3. The van der Waals surface area contributed by atoms with Crippen molar-refractivity contribution in [3.8, 4) is 17.1 Å². The zero-order valence-corrected chi connectivity index (χ0v) is 28.3. The van der Waals surface area contributed by atoms with Gasteiger partial charge in [-0.1, -0.05) is 121 Å². The van der Waals surface area contributed by atoms with E-state index in [4.69, 9.17) is 4.98 Å². The number of rotatable bonds is 3. The summed E-state index contributed by atoms with van der Waals surface area (Å²) in [7, 11) is 0. The Bertz CT molecular complexity index is 3000. The molecule has 1 aliphatic heterocycles. The number of imidazole rings is 1. The van der Waals surface area contributed by atoms with E-state index >= 15 is 0 Å². The van der Waals surface area contributed by atoms with E-state index in [0.29, 0.717) is 0 Å². The summed E-state index contributed by atoms with van der Waals surface area (Å²) in [5.41, 5.74) is 7.76. The van der Waals surface area contributed by atoms with E-state index in [0.717, 1.165) is 33.8 Å². The minimum atomic E-state index is 0.931. The number of fused-ring (bicyclic) bond motifs is 10. The number of hydrogen-bond acceptors (Lipinski definition) is 3. The molecule has 11 rings (SSSR count). The Morgan fingerprint density at radius 2 is 1.04 bits per heavy atom. The predicted molar refractivity (Wildman–Crippen MR) is 215 cm³/mol. The van der Waals surface area contributed by atoms with Gasteiger partial charge in [-0.3, -0.25) is 4.57 Å². The van der Waals surface area contributed by atoms with Gasteiger partial charge in [-0.05, 0) is 110 Å². The molecule has 1 aromatic heterocycles. The summed E-state index contributed by atoms with van der Waals surface area (Å²) < 4.78 is 2.34. The van der Waals surface area contributed by atoms with E-state index in [9.17, 15) is 0 Å². The summed E-state index contributed by atoms with van der Waals surface area (Å²) >= 11 is 1.83. The average molecular weight is 668 g/mol. The molecule has 0 saturated heterocycles. The summed E-state index contributed by atoms with van der Waals surface area (Å²) in [5.74, 6) is 0.931. The van der Waals surface area contributed by atoms with Crippen LogP contribution in [0.25, 0.3) is 71.2 Å². The molecular weight excluding hydrogens is 639 g/mol. The first kappa shape index (κ1) is 28.5. The van der Waals surface area contributed by atoms with Crippen LogP contribution in [0, 0.1) is 0 Å². The Kier molecular flexibility index (Phi) is 6.18. The van der Waals surface area contributed by atoms with Crippen LogP contribution in [0.5, 0.6) is 0 Å². The highest BCUT2D eigenvalue weighted by atomic mass is 32.2. The van der Waals surface area contributed by atoms with Gasteiger partial charge in [0.2, 0.25) is 0 Å². The molecule has 0 spiro atoms. The van der Waals surface area contributed by atoms with E-state index in [1.807, 2.05) is 11.8 Å². The molecule has 1 aliphatic rings. The molecule has 4 heteroatoms. The Morgan fingerprint density at radius 3 is 1.86 bits per heavy atom. The van der Waals surface area contributed by atoms with E-state index < -0.39 is 0 Å². The molecule has 0 radical (unpaired) electrons. The number of aromatic nitrogens is 2. The van der Waals surface area contributed by atoms with Crippen LogP contribution in [0.15, 0.2) is 186 Å². The first-order valence-electron chi connectivity index (χ1n) is 17.3. The Morgan fingerprint density at radius 1 is 0.412 bits per heavy atom. The topological polar surface area (TPSA) is 21.1 Å². The third-order valence-corrected chi connectivity index (χ3v) is 11.4. The average Bonchev–Trinajstić information content (AvgIpc) is 3.59. The molecule has 0 saturated carbocycles. The zero-order chi connectivity index (χ0) is 33.5. The fourth-order valence-corrected chi connectivity index (χ4v) is 9.10. The van der Waals surface area contributed by atoms with Crippen molar-refractivity contribution in [3.05, 3.63) is 176 Å². The molecule has 0 unspecified atom stereocenters. The van der Waals surface area contributed by atoms with Gasteiger partial charge in [-0.25, -0.2) is 4.98 Å². The summed E-state index contributed by atoms with van der Waals surface area (Å²) in [6.07, 6.45) is 0. The van der Waals surface area contributed by atoms with Crippen LogP contribution in [-0.2, 0) is 0 Å². The van der Waals surface area contributed by atoms with Gasteiger partial charge in [0, 0.05) is 26.7 Å². The summed E-state index contributed by atoms with van der Waals surface area (Å²) in [6, 6.07) is 63.8. The number of nitrogens with zero attached hydrogens (tertiary/aromatic N) is 3. The Hall–Kier alpha value is -6.36. The smallest absolute Gasteiger partial charge is 0.145 e. The third kappa shape index (κ3) is 4.37. The first-order valence-corrected chi connectivity index (χ1v) is 18.1. The molecule has 0 fully saturated rings. The highest BCUT2D eigenvalue weighted by Gasteiger charge is 2.26. The fraction of sp³-hybridized carbons (Fsp3) is 0. The first-order chi connectivity index (χ1) is 25.3. The normalized spacial score (nSPS) is 12.6. The number of anilines is 3. The molecule has 0 N–H and O–H groups in total. The molecule has 238 valence electrons. The van der Waals surface area contributed by atoms with Gasteiger partial charge < -0.3 is 4.90 Å². The van der Waals surface area contributed by atoms with Crippen LogP contribution >= 0.6 is 11.8 Å². The number of hydrogen-bond donors (Lipinski definition) is 0. The second-order valence-corrected chi connectivity index (χ2v) is 14.3. The highest BCUT2D eigenvalue weighted by molar-refractivity contribution is 7.99. The number of para-hydroxylation sites is 3. The van der Waals surface area contributed by atoms with Gasteiger partial charge in [0.05, 0.1) is 22.4 Å². The van der Waals surface area contributed by atoms with E-state index in [-0.39, 0.29) is 0 Å². The van der Waals surface area contributed by atoms with Crippen molar-refractivity contribution in [2.24, 2.45) is 0 Å². The molecule has 0 amide bonds. The molecule has 0 atom stereocenters. The van der Waals surface area contributed by atoms with E-state index in [1.54, 1.807) is 0 Å². The monoisotopic (exact) mass is 667 g/mol. The van der Waals surface area contributed by atoms with Crippen molar-refractivity contribution in [2.45, 2.75) is 9.79 Å². The maximum Gasteiger partial charge on any atom is 0.145 e. The van der Waals surface area contributed by atoms with Crippen LogP contribution in [0.4, 0.5) is 17.1 Å². The summed E-state index contributed by atoms with van der Waals surface area (Å²) in [4.78, 5) is 10.1. The maximum atomic E-state index is 5.30. The highest BCUT2D eigenvalue weighted by Crippen LogP contribution is 2.52. The molecule has 0 bridgehead atoms. The Balaban J connectivity index is 1.11. The summed E-state index contributed by atoms with van der Waals surface area (Å²) in [6.45, 7) is 0. The van der Waals surface area contributed by atoms with Crippen molar-refractivity contribution in [1.82, 2.24) is 9.55 Å². The predicted octanol–water partition coefficient (Wildman–Crippen LogP) is 13.2. The van der Waals surface area contributed by atoms with Gasteiger partial charge in [0.1, 0.15) is 5.82 Å². The molecule has 0 aliphatic carbocycles. The van der Waals surface area contributed by atoms with Gasteiger partial charge in [-0.2, -0.15) is 0 Å². The van der Waals surface area contributed by atoms with Gasteiger partial charge in [0.15, 0.2) is 0 Å². The lowest BCUT2D eigenvalue weighted by Gasteiger charge is -2.33. The molecule has 3 nitrogen and oxygen atoms in total. The van der Waals surface area contributed by atoms with Crippen LogP contribution in [0.1, 0.15) is 0 Å². The molecule has 51 heavy (non-hydrogen) atoms. The lowest BCUT2D eigenvalue weighted by atomic mass is 9.94. The minimum Gasteiger partial charge on any atom is -0.308 e. The fourth-order valence-electron chi connectivity index (χ4n) is 8.01. The molecule has 10 aromatic rings. The van der Waals surface area contributed by atoms with Crippen LogP contribution < -0.4 is 4.90 Å². The second kappa shape index (κ2) is 11.1.